The molecule has 0 aliphatic carbocycles. The number of rotatable bonds is 2. The molecule has 0 heterocycles. The minimum Gasteiger partial charge on any atom is -0.359 e. The van der Waals surface area contributed by atoms with E-state index >= 15 is 0 Å². The smallest absolute Gasteiger partial charge is 0.359 e. The first-order valence-electron chi connectivity index (χ1n) is 7.14. The van der Waals surface area contributed by atoms with Crippen LogP contribution in [0.25, 0.3) is 16.3 Å². The molecule has 0 radical (unpaired) electrons. The Kier molecular flexibility index (Phi) is 4.26. The van der Waals surface area contributed by atoms with Crippen LogP contribution in [0, 0.1) is 0 Å². The summed E-state index contributed by atoms with van der Waals surface area (Å²) in [7, 11) is -9.09. The van der Waals surface area contributed by atoms with Crippen LogP contribution < -0.4 is 0 Å². The van der Waals surface area contributed by atoms with Crippen molar-refractivity contribution in [3.63, 3.8) is 0 Å². The Bertz CT molecular complexity index is 1210. The van der Waals surface area contributed by atoms with E-state index in [9.17, 15) is 22.4 Å². The number of hydrogen-bond acceptors (Lipinski definition) is 4. The first kappa shape index (κ1) is 17.0. The molecule has 3 rings (SSSR count). The van der Waals surface area contributed by atoms with Crippen LogP contribution in [0.1, 0.15) is 0 Å². The first-order valence-corrected chi connectivity index (χ1v) is 10.1. The van der Waals surface area contributed by atoms with E-state index in [1.165, 1.54) is 36.4 Å². The molecule has 0 aromatic heterocycles. The van der Waals surface area contributed by atoms with E-state index in [2.05, 4.69) is 4.79 Å². The van der Waals surface area contributed by atoms with E-state index in [1.54, 1.807) is 36.4 Å². The highest BCUT2D eigenvalue weighted by molar-refractivity contribution is 8.31. The van der Waals surface area contributed by atoms with Crippen molar-refractivity contribution in [2.75, 3.05) is 0 Å². The SMILES string of the molecule is [N-]=[N+]=C(S(=O)(=O)c1ccccc1)S(=O)(=O)c1cccc2ccccc12. The van der Waals surface area contributed by atoms with Crippen LogP contribution in [0.3, 0.4) is 0 Å². The highest BCUT2D eigenvalue weighted by Gasteiger charge is 2.44. The molecule has 0 spiro atoms. The highest BCUT2D eigenvalue weighted by Crippen LogP contribution is 2.26. The summed E-state index contributed by atoms with van der Waals surface area (Å²) in [6.45, 7) is 0. The van der Waals surface area contributed by atoms with Crippen molar-refractivity contribution in [1.29, 1.82) is 0 Å². The van der Waals surface area contributed by atoms with Crippen LogP contribution in [0.4, 0.5) is 0 Å². The molecule has 0 amide bonds. The molecular weight excluding hydrogens is 360 g/mol. The summed E-state index contributed by atoms with van der Waals surface area (Å²) >= 11 is 0. The Morgan fingerprint density at radius 1 is 0.720 bits per heavy atom. The third kappa shape index (κ3) is 2.87. The molecule has 0 aliphatic heterocycles. The van der Waals surface area contributed by atoms with Crippen LogP contribution in [0.15, 0.2) is 82.6 Å². The summed E-state index contributed by atoms with van der Waals surface area (Å²) in [5.74, 6) is 0. The van der Waals surface area contributed by atoms with Crippen molar-refractivity contribution in [3.05, 3.63) is 78.3 Å². The lowest BCUT2D eigenvalue weighted by Gasteiger charge is -2.06. The van der Waals surface area contributed by atoms with Gasteiger partial charge in [0, 0.05) is 5.39 Å². The van der Waals surface area contributed by atoms with Crippen LogP contribution in [0.5, 0.6) is 0 Å². The Balaban J connectivity index is 2.27. The van der Waals surface area contributed by atoms with Crippen molar-refractivity contribution in [2.45, 2.75) is 9.79 Å². The quantitative estimate of drug-likeness (QED) is 0.298. The highest BCUT2D eigenvalue weighted by atomic mass is 32.3. The Morgan fingerprint density at radius 3 is 2.00 bits per heavy atom. The lowest BCUT2D eigenvalue weighted by atomic mass is 10.1. The van der Waals surface area contributed by atoms with Gasteiger partial charge in [-0.25, -0.2) is 16.8 Å². The Labute approximate surface area is 144 Å². The molecule has 6 nitrogen and oxygen atoms in total. The third-order valence-electron chi connectivity index (χ3n) is 3.63. The molecule has 0 bridgehead atoms. The maximum absolute atomic E-state index is 12.9. The fraction of sp³-hybridized carbons (Fsp3) is 0. The summed E-state index contributed by atoms with van der Waals surface area (Å²) in [6.07, 6.45) is 0. The molecule has 3 aromatic rings. The van der Waals surface area contributed by atoms with Gasteiger partial charge in [0.05, 0.1) is 9.79 Å². The normalized spacial score (nSPS) is 11.8. The molecule has 0 N–H and O–H groups in total. The standard InChI is InChI=1S/C17H12N2O4S2/c18-19-17(24(20,21)14-9-2-1-3-10-14)25(22,23)16-12-6-8-13-7-4-5-11-15(13)16/h1-12H. The molecule has 0 unspecified atom stereocenters. The number of nitrogens with zero attached hydrogens (tertiary/aromatic N) is 2. The average Bonchev–Trinajstić information content (AvgIpc) is 2.62. The topological polar surface area (TPSA) is 105 Å². The Hall–Kier alpha value is -2.80. The molecule has 0 fully saturated rings. The van der Waals surface area contributed by atoms with Gasteiger partial charge in [0.15, 0.2) is 0 Å². The van der Waals surface area contributed by atoms with Gasteiger partial charge < -0.3 is 5.53 Å². The van der Waals surface area contributed by atoms with Crippen molar-refractivity contribution in [2.24, 2.45) is 0 Å². The molecule has 0 aliphatic rings. The van der Waals surface area contributed by atoms with Crippen molar-refractivity contribution < 1.29 is 21.6 Å². The zero-order valence-corrected chi connectivity index (χ0v) is 14.4. The molecule has 0 atom stereocenters. The molecule has 25 heavy (non-hydrogen) atoms. The lowest BCUT2D eigenvalue weighted by molar-refractivity contribution is 0.00381. The van der Waals surface area contributed by atoms with E-state index in [0.717, 1.165) is 0 Å². The number of fused-ring (bicyclic) bond motifs is 1. The van der Waals surface area contributed by atoms with Gasteiger partial charge in [-0.1, -0.05) is 54.6 Å². The monoisotopic (exact) mass is 372 g/mol. The lowest BCUT2D eigenvalue weighted by Crippen LogP contribution is -2.26. The van der Waals surface area contributed by atoms with Gasteiger partial charge in [-0.2, -0.15) is 0 Å². The van der Waals surface area contributed by atoms with Gasteiger partial charge in [-0.05, 0) is 23.6 Å². The van der Waals surface area contributed by atoms with E-state index in [-0.39, 0.29) is 9.79 Å². The van der Waals surface area contributed by atoms with Crippen LogP contribution >= 0.6 is 0 Å². The number of sulfone groups is 2. The molecule has 8 heteroatoms. The van der Waals surface area contributed by atoms with Gasteiger partial charge >= 0.3 is 4.38 Å². The van der Waals surface area contributed by atoms with Crippen molar-refractivity contribution in [3.8, 4) is 0 Å². The van der Waals surface area contributed by atoms with Gasteiger partial charge in [0.25, 0.3) is 19.7 Å². The van der Waals surface area contributed by atoms with Gasteiger partial charge in [-0.15, -0.1) is 4.79 Å². The zero-order chi connectivity index (χ0) is 18.1. The second-order valence-corrected chi connectivity index (χ2v) is 9.12. The second kappa shape index (κ2) is 6.25. The van der Waals surface area contributed by atoms with Gasteiger partial charge in [-0.3, -0.25) is 0 Å². The van der Waals surface area contributed by atoms with E-state index in [4.69, 9.17) is 0 Å². The number of hydrogen-bond donors (Lipinski definition) is 0. The molecule has 3 aromatic carbocycles. The molecule has 0 saturated heterocycles. The fourth-order valence-electron chi connectivity index (χ4n) is 2.48. The maximum Gasteiger partial charge on any atom is 0.504 e. The summed E-state index contributed by atoms with van der Waals surface area (Å²) < 4.78 is 49.9. The minimum absolute atomic E-state index is 0.238. The first-order chi connectivity index (χ1) is 11.9. The summed E-state index contributed by atoms with van der Waals surface area (Å²) in [6, 6.07) is 18.1. The molecular formula is C17H12N2O4S2. The summed E-state index contributed by atoms with van der Waals surface area (Å²) in [4.78, 5) is 2.12. The van der Waals surface area contributed by atoms with E-state index < -0.39 is 24.1 Å². The van der Waals surface area contributed by atoms with Crippen LogP contribution in [-0.2, 0) is 19.7 Å². The van der Waals surface area contributed by atoms with Crippen molar-refractivity contribution >= 4 is 34.8 Å². The van der Waals surface area contributed by atoms with E-state index in [0.29, 0.717) is 10.8 Å². The maximum atomic E-state index is 12.9. The zero-order valence-electron chi connectivity index (χ0n) is 12.8. The summed E-state index contributed by atoms with van der Waals surface area (Å²) in [5.41, 5.74) is 9.22. The minimum atomic E-state index is -4.57. The molecule has 126 valence electrons. The summed E-state index contributed by atoms with van der Waals surface area (Å²) in [5, 5.41) is 0.965. The van der Waals surface area contributed by atoms with Crippen molar-refractivity contribution in [1.82, 2.24) is 0 Å². The van der Waals surface area contributed by atoms with Crippen LogP contribution in [0.2, 0.25) is 0 Å². The second-order valence-electron chi connectivity index (χ2n) is 5.16. The van der Waals surface area contributed by atoms with Gasteiger partial charge in [0.2, 0.25) is 0 Å². The largest absolute Gasteiger partial charge is 0.504 e. The van der Waals surface area contributed by atoms with Crippen LogP contribution in [-0.4, -0.2) is 26.0 Å². The Morgan fingerprint density at radius 2 is 1.32 bits per heavy atom. The third-order valence-corrected chi connectivity index (χ3v) is 7.86. The number of benzene rings is 3. The molecule has 0 saturated carbocycles. The van der Waals surface area contributed by atoms with Gasteiger partial charge in [0.1, 0.15) is 0 Å². The van der Waals surface area contributed by atoms with E-state index in [1.807, 2.05) is 0 Å². The predicted molar refractivity (Wildman–Crippen MR) is 93.4 cm³/mol. The average molecular weight is 372 g/mol. The fourth-order valence-corrected chi connectivity index (χ4v) is 6.04. The predicted octanol–water partition coefficient (Wildman–Crippen LogP) is 2.67.